The van der Waals surface area contributed by atoms with Crippen LogP contribution in [0.3, 0.4) is 0 Å². The van der Waals surface area contributed by atoms with E-state index in [1.807, 2.05) is 18.2 Å². The second kappa shape index (κ2) is 9.49. The van der Waals surface area contributed by atoms with Crippen LogP contribution >= 0.6 is 11.6 Å². The van der Waals surface area contributed by atoms with Gasteiger partial charge in [-0.15, -0.1) is 0 Å². The Morgan fingerprint density at radius 3 is 2.56 bits per heavy atom. The summed E-state index contributed by atoms with van der Waals surface area (Å²) in [6.07, 6.45) is 3.44. The lowest BCUT2D eigenvalue weighted by molar-refractivity contribution is 0.0933. The molecule has 32 heavy (non-hydrogen) atoms. The number of phenols is 1. The van der Waals surface area contributed by atoms with Gasteiger partial charge in [-0.05, 0) is 42.0 Å². The van der Waals surface area contributed by atoms with E-state index in [4.69, 9.17) is 17.0 Å². The molecule has 2 aromatic carbocycles. The van der Waals surface area contributed by atoms with Gasteiger partial charge in [-0.1, -0.05) is 48.0 Å². The highest BCUT2D eigenvalue weighted by Crippen LogP contribution is 2.28. The van der Waals surface area contributed by atoms with Crippen molar-refractivity contribution in [3.05, 3.63) is 107 Å². The van der Waals surface area contributed by atoms with Crippen LogP contribution in [0.2, 0.25) is 5.02 Å². The first-order valence-corrected chi connectivity index (χ1v) is 10.4. The molecule has 4 aromatic rings. The minimum atomic E-state index is -0.598. The van der Waals surface area contributed by atoms with Gasteiger partial charge in [0.05, 0.1) is 6.04 Å². The molecule has 0 saturated heterocycles. The van der Waals surface area contributed by atoms with Crippen molar-refractivity contribution in [2.24, 2.45) is 0 Å². The molecular formula is C25H21ClN4O2. The molecule has 0 saturated carbocycles. The van der Waals surface area contributed by atoms with Crippen molar-refractivity contribution in [2.75, 3.05) is 0 Å². The molecule has 4 rings (SSSR count). The van der Waals surface area contributed by atoms with Crippen molar-refractivity contribution in [1.29, 1.82) is 5.41 Å². The SMILES string of the molecule is N=C(CC(NC(=O)c1ccc(-c2ccc(Cl)cc2)[nH]1)c1ccccc1O)c1cccnc1. The van der Waals surface area contributed by atoms with E-state index >= 15 is 0 Å². The highest BCUT2D eigenvalue weighted by molar-refractivity contribution is 6.30. The Labute approximate surface area is 190 Å². The minimum Gasteiger partial charge on any atom is -0.508 e. The predicted molar refractivity (Wildman–Crippen MR) is 125 cm³/mol. The van der Waals surface area contributed by atoms with E-state index in [0.29, 0.717) is 27.6 Å². The topological polar surface area (TPSA) is 102 Å². The zero-order chi connectivity index (χ0) is 22.5. The van der Waals surface area contributed by atoms with Gasteiger partial charge in [-0.25, -0.2) is 0 Å². The van der Waals surface area contributed by atoms with Crippen LogP contribution in [-0.4, -0.2) is 26.7 Å². The summed E-state index contributed by atoms with van der Waals surface area (Å²) in [4.78, 5) is 20.2. The molecule has 0 aliphatic rings. The molecule has 1 unspecified atom stereocenters. The summed E-state index contributed by atoms with van der Waals surface area (Å²) in [7, 11) is 0. The van der Waals surface area contributed by atoms with Gasteiger partial charge >= 0.3 is 0 Å². The molecule has 0 fully saturated rings. The van der Waals surface area contributed by atoms with E-state index in [9.17, 15) is 9.90 Å². The van der Waals surface area contributed by atoms with Crippen molar-refractivity contribution in [1.82, 2.24) is 15.3 Å². The number of hydrogen-bond donors (Lipinski definition) is 4. The predicted octanol–water partition coefficient (Wildman–Crippen LogP) is 5.36. The lowest BCUT2D eigenvalue weighted by Gasteiger charge is -2.20. The Balaban J connectivity index is 1.57. The standard InChI is InChI=1S/C25H21ClN4O2/c26-18-9-7-16(8-10-18)21-11-12-22(29-21)25(32)30-23(19-5-1-2-6-24(19)31)14-20(27)17-4-3-13-28-15-17/h1-13,15,23,27,29,31H,14H2,(H,30,32). The number of amides is 1. The van der Waals surface area contributed by atoms with E-state index in [1.165, 1.54) is 0 Å². The number of aromatic amines is 1. The molecule has 1 amide bonds. The number of nitrogens with zero attached hydrogens (tertiary/aromatic N) is 1. The van der Waals surface area contributed by atoms with Crippen molar-refractivity contribution in [3.8, 4) is 17.0 Å². The molecule has 160 valence electrons. The van der Waals surface area contributed by atoms with Crippen LogP contribution < -0.4 is 5.32 Å². The summed E-state index contributed by atoms with van der Waals surface area (Å²) >= 11 is 5.95. The molecule has 2 heterocycles. The Morgan fingerprint density at radius 2 is 1.84 bits per heavy atom. The first-order chi connectivity index (χ1) is 15.5. The summed E-state index contributed by atoms with van der Waals surface area (Å²) in [6.45, 7) is 0. The van der Waals surface area contributed by atoms with E-state index in [-0.39, 0.29) is 18.1 Å². The van der Waals surface area contributed by atoms with Gasteiger partial charge in [-0.3, -0.25) is 9.78 Å². The third kappa shape index (κ3) is 4.87. The van der Waals surface area contributed by atoms with Crippen LogP contribution in [0, 0.1) is 5.41 Å². The van der Waals surface area contributed by atoms with Gasteiger partial charge in [0.1, 0.15) is 11.4 Å². The fourth-order valence-electron chi connectivity index (χ4n) is 3.45. The summed E-state index contributed by atoms with van der Waals surface area (Å²) in [5, 5.41) is 22.4. The highest BCUT2D eigenvalue weighted by Gasteiger charge is 2.22. The number of H-pyrrole nitrogens is 1. The molecule has 0 spiro atoms. The molecule has 0 aliphatic carbocycles. The fraction of sp³-hybridized carbons (Fsp3) is 0.0800. The highest BCUT2D eigenvalue weighted by atomic mass is 35.5. The molecule has 0 aliphatic heterocycles. The second-order valence-corrected chi connectivity index (χ2v) is 7.74. The van der Waals surface area contributed by atoms with Crippen LogP contribution in [0.5, 0.6) is 5.75 Å². The number of aromatic hydroxyl groups is 1. The lowest BCUT2D eigenvalue weighted by Crippen LogP contribution is -2.30. The average molecular weight is 445 g/mol. The van der Waals surface area contributed by atoms with E-state index in [1.54, 1.807) is 67.0 Å². The Bertz CT molecular complexity index is 1240. The minimum absolute atomic E-state index is 0.0603. The quantitative estimate of drug-likeness (QED) is 0.288. The normalized spacial score (nSPS) is 11.7. The number of hydrogen-bond acceptors (Lipinski definition) is 4. The number of pyridine rings is 1. The molecule has 1 atom stereocenters. The first-order valence-electron chi connectivity index (χ1n) is 10.0. The third-order valence-corrected chi connectivity index (χ3v) is 5.37. The van der Waals surface area contributed by atoms with Gasteiger partial charge in [0.15, 0.2) is 0 Å². The summed E-state index contributed by atoms with van der Waals surface area (Å²) in [5.41, 5.74) is 3.58. The number of para-hydroxylation sites is 1. The van der Waals surface area contributed by atoms with Gasteiger partial charge in [-0.2, -0.15) is 0 Å². The maximum atomic E-state index is 13.0. The van der Waals surface area contributed by atoms with Crippen LogP contribution in [0.15, 0.2) is 85.2 Å². The Hall–Kier alpha value is -3.90. The Kier molecular flexibility index (Phi) is 6.33. The first kappa shape index (κ1) is 21.3. The van der Waals surface area contributed by atoms with Gasteiger partial charge in [0.2, 0.25) is 0 Å². The zero-order valence-electron chi connectivity index (χ0n) is 17.0. The van der Waals surface area contributed by atoms with Crippen molar-refractivity contribution >= 4 is 23.2 Å². The van der Waals surface area contributed by atoms with Crippen molar-refractivity contribution < 1.29 is 9.90 Å². The second-order valence-electron chi connectivity index (χ2n) is 7.30. The number of phenolic OH excluding ortho intramolecular Hbond substituents is 1. The van der Waals surface area contributed by atoms with Gasteiger partial charge < -0.3 is 20.8 Å². The van der Waals surface area contributed by atoms with E-state index < -0.39 is 6.04 Å². The summed E-state index contributed by atoms with van der Waals surface area (Å²) < 4.78 is 0. The number of carbonyl (C=O) groups excluding carboxylic acids is 1. The van der Waals surface area contributed by atoms with Gasteiger partial charge in [0, 0.05) is 46.4 Å². The van der Waals surface area contributed by atoms with Crippen LogP contribution in [-0.2, 0) is 0 Å². The zero-order valence-corrected chi connectivity index (χ0v) is 17.8. The van der Waals surface area contributed by atoms with Crippen molar-refractivity contribution in [3.63, 3.8) is 0 Å². The van der Waals surface area contributed by atoms with Crippen LogP contribution in [0.25, 0.3) is 11.3 Å². The van der Waals surface area contributed by atoms with Gasteiger partial charge in [0.25, 0.3) is 5.91 Å². The molecule has 0 radical (unpaired) electrons. The number of benzene rings is 2. The third-order valence-electron chi connectivity index (χ3n) is 5.12. The average Bonchev–Trinajstić information content (AvgIpc) is 3.30. The maximum absolute atomic E-state index is 13.0. The lowest BCUT2D eigenvalue weighted by atomic mass is 9.97. The monoisotopic (exact) mass is 444 g/mol. The summed E-state index contributed by atoms with van der Waals surface area (Å²) in [6, 6.07) is 20.6. The molecule has 2 aromatic heterocycles. The molecule has 4 N–H and O–H groups in total. The number of carbonyl (C=O) groups is 1. The fourth-order valence-corrected chi connectivity index (χ4v) is 3.57. The number of aromatic nitrogens is 2. The van der Waals surface area contributed by atoms with E-state index in [2.05, 4.69) is 15.3 Å². The van der Waals surface area contributed by atoms with Crippen LogP contribution in [0.4, 0.5) is 0 Å². The maximum Gasteiger partial charge on any atom is 0.268 e. The molecular weight excluding hydrogens is 424 g/mol. The molecule has 6 nitrogen and oxygen atoms in total. The largest absolute Gasteiger partial charge is 0.508 e. The molecule has 7 heteroatoms. The van der Waals surface area contributed by atoms with E-state index in [0.717, 1.165) is 11.3 Å². The van der Waals surface area contributed by atoms with Crippen molar-refractivity contribution in [2.45, 2.75) is 12.5 Å². The Morgan fingerprint density at radius 1 is 1.06 bits per heavy atom. The molecule has 0 bridgehead atoms. The number of halogens is 1. The van der Waals surface area contributed by atoms with Crippen LogP contribution in [0.1, 0.15) is 34.1 Å². The number of nitrogens with one attached hydrogen (secondary N) is 3. The summed E-state index contributed by atoms with van der Waals surface area (Å²) in [5.74, 6) is -0.275. The smallest absolute Gasteiger partial charge is 0.268 e. The number of rotatable bonds is 7.